The van der Waals surface area contributed by atoms with Gasteiger partial charge >= 0.3 is 6.01 Å². The van der Waals surface area contributed by atoms with Crippen molar-refractivity contribution in [1.82, 2.24) is 9.97 Å². The Kier molecular flexibility index (Phi) is 4.13. The first-order valence-corrected chi connectivity index (χ1v) is 7.23. The van der Waals surface area contributed by atoms with E-state index >= 15 is 0 Å². The lowest BCUT2D eigenvalue weighted by Gasteiger charge is -2.26. The van der Waals surface area contributed by atoms with Crippen LogP contribution < -0.4 is 9.64 Å². The summed E-state index contributed by atoms with van der Waals surface area (Å²) in [5, 5.41) is 10.4. The maximum Gasteiger partial charge on any atom is 0.318 e. The van der Waals surface area contributed by atoms with E-state index in [1.165, 1.54) is 25.4 Å². The molecule has 1 aromatic carbocycles. The van der Waals surface area contributed by atoms with Gasteiger partial charge in [-0.15, -0.1) is 0 Å². The number of rotatable bonds is 3. The van der Waals surface area contributed by atoms with Crippen LogP contribution in [0.1, 0.15) is 18.0 Å². The molecule has 5 nitrogen and oxygen atoms in total. The number of β-amino-alcohol motifs (C(OH)–C–C–N with tert-alkyl or cyclic N) is 1. The number of halogens is 2. The van der Waals surface area contributed by atoms with Gasteiger partial charge in [-0.1, -0.05) is 23.7 Å². The molecule has 1 aliphatic heterocycles. The third kappa shape index (κ3) is 2.84. The molecule has 0 bridgehead atoms. The fourth-order valence-electron chi connectivity index (χ4n) is 2.69. The van der Waals surface area contributed by atoms with Gasteiger partial charge in [-0.25, -0.2) is 9.37 Å². The highest BCUT2D eigenvalue weighted by Gasteiger charge is 2.34. The second kappa shape index (κ2) is 6.06. The Bertz CT molecular complexity index is 668. The Balaban J connectivity index is 1.98. The third-order valence-corrected chi connectivity index (χ3v) is 3.96. The second-order valence-corrected chi connectivity index (χ2v) is 5.54. The van der Waals surface area contributed by atoms with E-state index in [-0.39, 0.29) is 17.9 Å². The van der Waals surface area contributed by atoms with E-state index < -0.39 is 6.10 Å². The van der Waals surface area contributed by atoms with E-state index in [0.29, 0.717) is 23.8 Å². The van der Waals surface area contributed by atoms with Crippen LogP contribution in [0.15, 0.2) is 30.5 Å². The minimum absolute atomic E-state index is 0.132. The maximum absolute atomic E-state index is 13.1. The van der Waals surface area contributed by atoms with Crippen molar-refractivity contribution < 1.29 is 14.2 Å². The summed E-state index contributed by atoms with van der Waals surface area (Å²) >= 11 is 6.20. The van der Waals surface area contributed by atoms with Crippen LogP contribution in [-0.2, 0) is 0 Å². The number of aromatic nitrogens is 2. The van der Waals surface area contributed by atoms with Crippen LogP contribution in [0.5, 0.6) is 6.01 Å². The summed E-state index contributed by atoms with van der Waals surface area (Å²) in [6.07, 6.45) is 1.48. The Hall–Kier alpha value is -1.92. The minimum atomic E-state index is -0.507. The van der Waals surface area contributed by atoms with Gasteiger partial charge in [0.1, 0.15) is 10.8 Å². The minimum Gasteiger partial charge on any atom is -0.467 e. The monoisotopic (exact) mass is 323 g/mol. The van der Waals surface area contributed by atoms with E-state index in [1.807, 2.05) is 4.90 Å². The van der Waals surface area contributed by atoms with Gasteiger partial charge in [0.15, 0.2) is 5.82 Å². The van der Waals surface area contributed by atoms with Gasteiger partial charge in [-0.05, 0) is 24.1 Å². The summed E-state index contributed by atoms with van der Waals surface area (Å²) in [5.74, 6) is 0.204. The van der Waals surface area contributed by atoms with Crippen LogP contribution in [0.4, 0.5) is 10.2 Å². The Morgan fingerprint density at radius 1 is 1.36 bits per heavy atom. The first kappa shape index (κ1) is 15.0. The standard InChI is InChI=1S/C15H15ClFN3O2/c1-22-15-18-7-12(16)14(19-15)20-8-11(21)6-13(20)9-2-4-10(17)5-3-9/h2-5,7,11,13,21H,6,8H2,1H3/t11-,13-/m1/s1. The Morgan fingerprint density at radius 2 is 2.09 bits per heavy atom. The molecule has 1 aromatic heterocycles. The highest BCUT2D eigenvalue weighted by molar-refractivity contribution is 6.32. The number of nitrogens with zero attached hydrogens (tertiary/aromatic N) is 3. The fourth-order valence-corrected chi connectivity index (χ4v) is 2.89. The lowest BCUT2D eigenvalue weighted by molar-refractivity contribution is 0.194. The largest absolute Gasteiger partial charge is 0.467 e. The maximum atomic E-state index is 13.1. The van der Waals surface area contributed by atoms with Gasteiger partial charge in [-0.2, -0.15) is 4.98 Å². The van der Waals surface area contributed by atoms with Crippen LogP contribution in [0.2, 0.25) is 5.02 Å². The van der Waals surface area contributed by atoms with Gasteiger partial charge in [0.2, 0.25) is 0 Å². The molecule has 0 spiro atoms. The van der Waals surface area contributed by atoms with Crippen LogP contribution in [0, 0.1) is 5.82 Å². The number of aliphatic hydroxyl groups is 1. The second-order valence-electron chi connectivity index (χ2n) is 5.14. The Morgan fingerprint density at radius 3 is 2.77 bits per heavy atom. The molecule has 2 atom stereocenters. The molecule has 2 aromatic rings. The van der Waals surface area contributed by atoms with Gasteiger partial charge in [0.05, 0.1) is 25.5 Å². The van der Waals surface area contributed by atoms with Crippen molar-refractivity contribution in [2.24, 2.45) is 0 Å². The van der Waals surface area contributed by atoms with Gasteiger partial charge in [-0.3, -0.25) is 0 Å². The molecule has 22 heavy (non-hydrogen) atoms. The average molecular weight is 324 g/mol. The lowest BCUT2D eigenvalue weighted by Crippen LogP contribution is -2.25. The number of methoxy groups -OCH3 is 1. The number of ether oxygens (including phenoxy) is 1. The molecule has 1 N–H and O–H groups in total. The topological polar surface area (TPSA) is 58.5 Å². The summed E-state index contributed by atoms with van der Waals surface area (Å²) in [6.45, 7) is 0.391. The van der Waals surface area contributed by atoms with Gasteiger partial charge in [0.25, 0.3) is 0 Å². The van der Waals surface area contributed by atoms with E-state index in [0.717, 1.165) is 5.56 Å². The first-order chi connectivity index (χ1) is 10.6. The molecule has 0 unspecified atom stereocenters. The highest BCUT2D eigenvalue weighted by atomic mass is 35.5. The summed E-state index contributed by atoms with van der Waals surface area (Å²) < 4.78 is 18.1. The van der Waals surface area contributed by atoms with E-state index in [4.69, 9.17) is 16.3 Å². The molecule has 3 rings (SSSR count). The van der Waals surface area contributed by atoms with Crippen molar-refractivity contribution in [1.29, 1.82) is 0 Å². The van der Waals surface area contributed by atoms with Crippen molar-refractivity contribution in [2.75, 3.05) is 18.6 Å². The predicted molar refractivity (Wildman–Crippen MR) is 80.7 cm³/mol. The SMILES string of the molecule is COc1ncc(Cl)c(N2C[C@H](O)C[C@@H]2c2ccc(F)cc2)n1. The molecular weight excluding hydrogens is 309 g/mol. The molecule has 0 amide bonds. The Labute approximate surface area is 132 Å². The summed E-state index contributed by atoms with van der Waals surface area (Å²) in [6, 6.07) is 6.29. The normalized spacial score (nSPS) is 21.2. The molecule has 0 saturated carbocycles. The van der Waals surface area contributed by atoms with Crippen molar-refractivity contribution >= 4 is 17.4 Å². The molecule has 7 heteroatoms. The molecule has 0 aliphatic carbocycles. The van der Waals surface area contributed by atoms with Crippen molar-refractivity contribution in [2.45, 2.75) is 18.6 Å². The molecule has 0 radical (unpaired) electrons. The van der Waals surface area contributed by atoms with E-state index in [2.05, 4.69) is 9.97 Å². The molecule has 1 aliphatic rings. The number of benzene rings is 1. The number of hydrogen-bond donors (Lipinski definition) is 1. The van der Waals surface area contributed by atoms with Crippen molar-refractivity contribution in [3.63, 3.8) is 0 Å². The third-order valence-electron chi connectivity index (χ3n) is 3.69. The van der Waals surface area contributed by atoms with Crippen LogP contribution in [-0.4, -0.2) is 34.8 Å². The van der Waals surface area contributed by atoms with Crippen LogP contribution >= 0.6 is 11.6 Å². The van der Waals surface area contributed by atoms with Gasteiger partial charge < -0.3 is 14.7 Å². The molecule has 2 heterocycles. The summed E-state index contributed by atoms with van der Waals surface area (Å²) in [7, 11) is 1.48. The zero-order valence-electron chi connectivity index (χ0n) is 11.9. The zero-order valence-corrected chi connectivity index (χ0v) is 12.7. The molecule has 1 saturated heterocycles. The smallest absolute Gasteiger partial charge is 0.318 e. The number of hydrogen-bond acceptors (Lipinski definition) is 5. The molecule has 116 valence electrons. The van der Waals surface area contributed by atoms with Crippen molar-refractivity contribution in [3.8, 4) is 6.01 Å². The van der Waals surface area contributed by atoms with E-state index in [1.54, 1.807) is 12.1 Å². The average Bonchev–Trinajstić information content (AvgIpc) is 2.90. The summed E-state index contributed by atoms with van der Waals surface area (Å²) in [4.78, 5) is 10.1. The lowest BCUT2D eigenvalue weighted by atomic mass is 10.0. The first-order valence-electron chi connectivity index (χ1n) is 6.85. The van der Waals surface area contributed by atoms with Gasteiger partial charge in [0, 0.05) is 6.54 Å². The highest BCUT2D eigenvalue weighted by Crippen LogP contribution is 2.38. The quantitative estimate of drug-likeness (QED) is 0.941. The number of anilines is 1. The van der Waals surface area contributed by atoms with Crippen molar-refractivity contribution in [3.05, 3.63) is 46.9 Å². The van der Waals surface area contributed by atoms with Crippen LogP contribution in [0.3, 0.4) is 0 Å². The zero-order chi connectivity index (χ0) is 15.7. The number of aliphatic hydroxyl groups excluding tert-OH is 1. The fraction of sp³-hybridized carbons (Fsp3) is 0.333. The molecule has 1 fully saturated rings. The van der Waals surface area contributed by atoms with E-state index in [9.17, 15) is 9.50 Å². The van der Waals surface area contributed by atoms with Crippen LogP contribution in [0.25, 0.3) is 0 Å². The predicted octanol–water partition coefficient (Wildman–Crippen LogP) is 2.59. The summed E-state index contributed by atoms with van der Waals surface area (Å²) in [5.41, 5.74) is 0.895. The molecular formula is C15H15ClFN3O2.